The Bertz CT molecular complexity index is 372. The lowest BCUT2D eigenvalue weighted by atomic mass is 10.4. The Morgan fingerprint density at radius 3 is 3.08 bits per heavy atom. The van der Waals surface area contributed by atoms with E-state index >= 15 is 0 Å². The van der Waals surface area contributed by atoms with Crippen molar-refractivity contribution in [2.45, 2.75) is 18.6 Å². The van der Waals surface area contributed by atoms with Gasteiger partial charge in [-0.15, -0.1) is 0 Å². The van der Waals surface area contributed by atoms with Gasteiger partial charge in [0.2, 0.25) is 0 Å². The van der Waals surface area contributed by atoms with Crippen LogP contribution in [0.5, 0.6) is 0 Å². The maximum atomic E-state index is 11.5. The molecule has 1 saturated carbocycles. The third kappa shape index (κ3) is 1.33. The molecule has 0 aliphatic heterocycles. The number of nitrogens with zero attached hydrogens (tertiary/aromatic N) is 1. The smallest absolute Gasteiger partial charge is 0.274 e. The van der Waals surface area contributed by atoms with Crippen molar-refractivity contribution in [1.82, 2.24) is 4.57 Å². The van der Waals surface area contributed by atoms with E-state index in [0.29, 0.717) is 5.69 Å². The third-order valence-corrected chi connectivity index (χ3v) is 2.36. The molecular formula is C9H12N2O2. The van der Waals surface area contributed by atoms with E-state index in [0.717, 1.165) is 6.42 Å². The maximum absolute atomic E-state index is 11.5. The zero-order valence-corrected chi connectivity index (χ0v) is 7.43. The van der Waals surface area contributed by atoms with E-state index in [9.17, 15) is 4.79 Å². The van der Waals surface area contributed by atoms with E-state index in [4.69, 9.17) is 10.5 Å². The summed E-state index contributed by atoms with van der Waals surface area (Å²) in [6.07, 6.45) is 2.84. The first-order valence-corrected chi connectivity index (χ1v) is 4.23. The molecule has 1 aromatic heterocycles. The predicted octanol–water partition coefficient (Wildman–Crippen LogP) is 0.390. The van der Waals surface area contributed by atoms with Crippen LogP contribution in [-0.4, -0.2) is 17.8 Å². The number of hydrogen-bond donors (Lipinski definition) is 1. The van der Waals surface area contributed by atoms with Gasteiger partial charge in [0.25, 0.3) is 5.56 Å². The largest absolute Gasteiger partial charge is 0.394 e. The lowest BCUT2D eigenvalue weighted by Crippen LogP contribution is -2.22. The van der Waals surface area contributed by atoms with Crippen molar-refractivity contribution in [3.8, 4) is 0 Å². The van der Waals surface area contributed by atoms with Crippen LogP contribution in [-0.2, 0) is 4.74 Å². The minimum Gasteiger partial charge on any atom is -0.394 e. The van der Waals surface area contributed by atoms with Gasteiger partial charge in [-0.1, -0.05) is 0 Å². The minimum absolute atomic E-state index is 0.118. The standard InChI is InChI=1S/C9H12N2O2/c1-13-8-5-7(8)11-4-2-3-6(10)9(11)12/h2-4,7-8H,5,10H2,1H3/t7-,8-/m0/s1. The second-order valence-electron chi connectivity index (χ2n) is 3.25. The van der Waals surface area contributed by atoms with Gasteiger partial charge in [-0.3, -0.25) is 4.79 Å². The van der Waals surface area contributed by atoms with Crippen molar-refractivity contribution in [3.05, 3.63) is 28.7 Å². The normalized spacial score (nSPS) is 25.9. The Balaban J connectivity index is 2.32. The van der Waals surface area contributed by atoms with Crippen LogP contribution in [0.4, 0.5) is 5.69 Å². The van der Waals surface area contributed by atoms with Gasteiger partial charge in [0.05, 0.1) is 17.8 Å². The Morgan fingerprint density at radius 2 is 2.46 bits per heavy atom. The van der Waals surface area contributed by atoms with Gasteiger partial charge in [0, 0.05) is 13.3 Å². The molecule has 0 spiro atoms. The molecular weight excluding hydrogens is 168 g/mol. The van der Waals surface area contributed by atoms with Gasteiger partial charge >= 0.3 is 0 Å². The zero-order valence-electron chi connectivity index (χ0n) is 7.43. The lowest BCUT2D eigenvalue weighted by molar-refractivity contribution is 0.169. The molecule has 2 N–H and O–H groups in total. The minimum atomic E-state index is -0.118. The van der Waals surface area contributed by atoms with Gasteiger partial charge in [-0.2, -0.15) is 0 Å². The molecule has 0 saturated heterocycles. The van der Waals surface area contributed by atoms with Crippen molar-refractivity contribution in [2.24, 2.45) is 0 Å². The Kier molecular flexibility index (Phi) is 1.84. The number of aromatic nitrogens is 1. The van der Waals surface area contributed by atoms with Gasteiger partial charge in [0.1, 0.15) is 0 Å². The topological polar surface area (TPSA) is 57.2 Å². The first kappa shape index (κ1) is 8.31. The number of hydrogen-bond acceptors (Lipinski definition) is 3. The van der Waals surface area contributed by atoms with E-state index in [1.54, 1.807) is 30.0 Å². The highest BCUT2D eigenvalue weighted by molar-refractivity contribution is 5.34. The zero-order chi connectivity index (χ0) is 9.42. The monoisotopic (exact) mass is 180 g/mol. The number of nitrogen functional groups attached to an aromatic ring is 1. The highest BCUT2D eigenvalue weighted by Crippen LogP contribution is 2.36. The number of nitrogens with two attached hydrogens (primary N) is 1. The maximum Gasteiger partial charge on any atom is 0.274 e. The summed E-state index contributed by atoms with van der Waals surface area (Å²) in [5.74, 6) is 0. The molecule has 13 heavy (non-hydrogen) atoms. The van der Waals surface area contributed by atoms with Crippen molar-refractivity contribution in [1.29, 1.82) is 0 Å². The van der Waals surface area contributed by atoms with Gasteiger partial charge in [-0.05, 0) is 18.6 Å². The summed E-state index contributed by atoms with van der Waals surface area (Å²) in [4.78, 5) is 11.5. The summed E-state index contributed by atoms with van der Waals surface area (Å²) < 4.78 is 6.76. The molecule has 1 heterocycles. The molecule has 0 bridgehead atoms. The van der Waals surface area contributed by atoms with E-state index in [-0.39, 0.29) is 17.7 Å². The molecule has 1 aliphatic carbocycles. The third-order valence-electron chi connectivity index (χ3n) is 2.36. The molecule has 0 aromatic carbocycles. The van der Waals surface area contributed by atoms with Gasteiger partial charge in [0.15, 0.2) is 0 Å². The van der Waals surface area contributed by atoms with Crippen LogP contribution >= 0.6 is 0 Å². The van der Waals surface area contributed by atoms with Crippen molar-refractivity contribution >= 4 is 5.69 Å². The summed E-state index contributed by atoms with van der Waals surface area (Å²) in [5.41, 5.74) is 5.68. The molecule has 70 valence electrons. The summed E-state index contributed by atoms with van der Waals surface area (Å²) in [6.45, 7) is 0. The number of rotatable bonds is 2. The number of pyridine rings is 1. The molecule has 0 amide bonds. The highest BCUT2D eigenvalue weighted by Gasteiger charge is 2.39. The second kappa shape index (κ2) is 2.88. The first-order valence-electron chi connectivity index (χ1n) is 4.23. The quantitative estimate of drug-likeness (QED) is 0.716. The number of anilines is 1. The van der Waals surface area contributed by atoms with Crippen molar-refractivity contribution in [3.63, 3.8) is 0 Å². The SMILES string of the molecule is CO[C@H]1C[C@@H]1n1cccc(N)c1=O. The predicted molar refractivity (Wildman–Crippen MR) is 49.6 cm³/mol. The highest BCUT2D eigenvalue weighted by atomic mass is 16.5. The van der Waals surface area contributed by atoms with Gasteiger partial charge in [-0.25, -0.2) is 0 Å². The number of ether oxygens (including phenoxy) is 1. The average Bonchev–Trinajstić information content (AvgIpc) is 2.89. The molecule has 4 heteroatoms. The van der Waals surface area contributed by atoms with Crippen molar-refractivity contribution in [2.75, 3.05) is 12.8 Å². The molecule has 4 nitrogen and oxygen atoms in total. The van der Waals surface area contributed by atoms with E-state index in [1.165, 1.54) is 0 Å². The summed E-state index contributed by atoms with van der Waals surface area (Å²) in [7, 11) is 1.65. The number of methoxy groups -OCH3 is 1. The molecule has 0 unspecified atom stereocenters. The fourth-order valence-corrected chi connectivity index (χ4v) is 1.49. The molecule has 1 fully saturated rings. The second-order valence-corrected chi connectivity index (χ2v) is 3.25. The van der Waals surface area contributed by atoms with Crippen LogP contribution in [0.1, 0.15) is 12.5 Å². The average molecular weight is 180 g/mol. The fraction of sp³-hybridized carbons (Fsp3) is 0.444. The van der Waals surface area contributed by atoms with E-state index < -0.39 is 0 Å². The van der Waals surface area contributed by atoms with E-state index in [2.05, 4.69) is 0 Å². The summed E-state index contributed by atoms with van der Waals surface area (Å²) in [6, 6.07) is 3.58. The molecule has 1 aliphatic rings. The molecule has 2 atom stereocenters. The Hall–Kier alpha value is -1.29. The molecule has 1 aromatic rings. The Morgan fingerprint density at radius 1 is 1.69 bits per heavy atom. The van der Waals surface area contributed by atoms with Crippen LogP contribution in [0, 0.1) is 0 Å². The fourth-order valence-electron chi connectivity index (χ4n) is 1.49. The van der Waals surface area contributed by atoms with Crippen LogP contribution in [0.3, 0.4) is 0 Å². The molecule has 0 radical (unpaired) electrons. The van der Waals surface area contributed by atoms with E-state index in [1.807, 2.05) is 0 Å². The molecule has 2 rings (SSSR count). The van der Waals surface area contributed by atoms with Crippen molar-refractivity contribution < 1.29 is 4.74 Å². The van der Waals surface area contributed by atoms with Crippen LogP contribution in [0.25, 0.3) is 0 Å². The van der Waals surface area contributed by atoms with Crippen LogP contribution in [0.15, 0.2) is 23.1 Å². The summed E-state index contributed by atoms with van der Waals surface area (Å²) in [5, 5.41) is 0. The van der Waals surface area contributed by atoms with Crippen LogP contribution in [0.2, 0.25) is 0 Å². The first-order chi connectivity index (χ1) is 6.24. The van der Waals surface area contributed by atoms with Gasteiger partial charge < -0.3 is 15.0 Å². The summed E-state index contributed by atoms with van der Waals surface area (Å²) >= 11 is 0. The van der Waals surface area contributed by atoms with Crippen LogP contribution < -0.4 is 11.3 Å². The Labute approximate surface area is 75.9 Å². The lowest BCUT2D eigenvalue weighted by Gasteiger charge is -2.04.